The lowest BCUT2D eigenvalue weighted by atomic mass is 10.1. The molecule has 1 amide bonds. The van der Waals surface area contributed by atoms with Crippen molar-refractivity contribution in [1.82, 2.24) is 10.3 Å². The van der Waals surface area contributed by atoms with Crippen LogP contribution in [-0.2, 0) is 6.42 Å². The average molecular weight is 292 g/mol. The summed E-state index contributed by atoms with van der Waals surface area (Å²) in [7, 11) is 0. The van der Waals surface area contributed by atoms with Crippen LogP contribution in [0.2, 0.25) is 0 Å². The highest BCUT2D eigenvalue weighted by Crippen LogP contribution is 2.19. The van der Waals surface area contributed by atoms with Gasteiger partial charge in [0.05, 0.1) is 0 Å². The predicted octanol–water partition coefficient (Wildman–Crippen LogP) is 3.76. The van der Waals surface area contributed by atoms with Crippen LogP contribution in [0.25, 0.3) is 10.9 Å². The fraction of sp³-hybridized carbons (Fsp3) is 0.211. The van der Waals surface area contributed by atoms with E-state index in [9.17, 15) is 4.79 Å². The van der Waals surface area contributed by atoms with Gasteiger partial charge in [-0.1, -0.05) is 29.3 Å². The zero-order chi connectivity index (χ0) is 15.5. The maximum Gasteiger partial charge on any atom is 0.251 e. The Hall–Kier alpha value is -2.55. The van der Waals surface area contributed by atoms with Gasteiger partial charge >= 0.3 is 0 Å². The summed E-state index contributed by atoms with van der Waals surface area (Å²) < 4.78 is 0. The molecule has 3 rings (SSSR count). The van der Waals surface area contributed by atoms with Crippen molar-refractivity contribution in [2.75, 3.05) is 6.54 Å². The highest BCUT2D eigenvalue weighted by molar-refractivity contribution is 5.94. The molecule has 1 heterocycles. The molecule has 0 radical (unpaired) electrons. The van der Waals surface area contributed by atoms with Crippen LogP contribution < -0.4 is 5.32 Å². The number of hydrogen-bond donors (Lipinski definition) is 2. The summed E-state index contributed by atoms with van der Waals surface area (Å²) in [5.74, 6) is -0.0176. The molecular formula is C19H20N2O. The Morgan fingerprint density at radius 3 is 2.55 bits per heavy atom. The van der Waals surface area contributed by atoms with E-state index in [1.54, 1.807) is 0 Å². The molecule has 0 saturated heterocycles. The van der Waals surface area contributed by atoms with Gasteiger partial charge in [0, 0.05) is 29.2 Å². The van der Waals surface area contributed by atoms with E-state index in [4.69, 9.17) is 0 Å². The monoisotopic (exact) mass is 292 g/mol. The van der Waals surface area contributed by atoms with Crippen molar-refractivity contribution in [3.8, 4) is 0 Å². The lowest BCUT2D eigenvalue weighted by Crippen LogP contribution is -2.25. The Morgan fingerprint density at radius 2 is 1.77 bits per heavy atom. The van der Waals surface area contributed by atoms with Gasteiger partial charge in [0.1, 0.15) is 0 Å². The zero-order valence-corrected chi connectivity index (χ0v) is 12.9. The Morgan fingerprint density at radius 1 is 1.05 bits per heavy atom. The SMILES string of the molecule is Cc1ccc(C(=O)NCCc2c[nH]c3ccc(C)cc23)cc1. The first-order valence-electron chi connectivity index (χ1n) is 7.55. The number of nitrogens with one attached hydrogen (secondary N) is 2. The maximum atomic E-state index is 12.1. The first kappa shape index (κ1) is 14.4. The number of carbonyl (C=O) groups is 1. The van der Waals surface area contributed by atoms with Crippen molar-refractivity contribution in [3.05, 3.63) is 70.9 Å². The van der Waals surface area contributed by atoms with E-state index in [1.807, 2.05) is 37.4 Å². The van der Waals surface area contributed by atoms with E-state index < -0.39 is 0 Å². The third-order valence-corrected chi connectivity index (χ3v) is 3.92. The Kier molecular flexibility index (Phi) is 3.96. The van der Waals surface area contributed by atoms with E-state index in [0.717, 1.165) is 17.5 Å². The lowest BCUT2D eigenvalue weighted by molar-refractivity contribution is 0.0954. The molecule has 0 aliphatic carbocycles. The van der Waals surface area contributed by atoms with E-state index in [1.165, 1.54) is 16.5 Å². The van der Waals surface area contributed by atoms with Gasteiger partial charge in [-0.2, -0.15) is 0 Å². The second kappa shape index (κ2) is 6.06. The number of aromatic amines is 1. The average Bonchev–Trinajstić information content (AvgIpc) is 2.90. The minimum Gasteiger partial charge on any atom is -0.361 e. The van der Waals surface area contributed by atoms with Crippen molar-refractivity contribution >= 4 is 16.8 Å². The van der Waals surface area contributed by atoms with E-state index in [2.05, 4.69) is 35.4 Å². The fourth-order valence-corrected chi connectivity index (χ4v) is 2.62. The topological polar surface area (TPSA) is 44.9 Å². The Bertz CT molecular complexity index is 800. The number of H-pyrrole nitrogens is 1. The molecule has 0 aliphatic heterocycles. The van der Waals surface area contributed by atoms with Crippen LogP contribution in [-0.4, -0.2) is 17.4 Å². The molecular weight excluding hydrogens is 272 g/mol. The Labute approximate surface area is 130 Å². The van der Waals surface area contributed by atoms with Gasteiger partial charge in [0.2, 0.25) is 0 Å². The normalized spacial score (nSPS) is 10.8. The molecule has 0 aliphatic rings. The minimum atomic E-state index is -0.0176. The highest BCUT2D eigenvalue weighted by atomic mass is 16.1. The number of benzene rings is 2. The number of amides is 1. The minimum absolute atomic E-state index is 0.0176. The van der Waals surface area contributed by atoms with Crippen molar-refractivity contribution in [2.45, 2.75) is 20.3 Å². The first-order valence-corrected chi connectivity index (χ1v) is 7.55. The van der Waals surface area contributed by atoms with Gasteiger partial charge in [-0.15, -0.1) is 0 Å². The highest BCUT2D eigenvalue weighted by Gasteiger charge is 2.07. The predicted molar refractivity (Wildman–Crippen MR) is 90.3 cm³/mol. The van der Waals surface area contributed by atoms with Crippen molar-refractivity contribution in [1.29, 1.82) is 0 Å². The molecule has 3 nitrogen and oxygen atoms in total. The van der Waals surface area contributed by atoms with Gasteiger partial charge in [-0.3, -0.25) is 4.79 Å². The number of rotatable bonds is 4. The third kappa shape index (κ3) is 3.03. The molecule has 3 heteroatoms. The summed E-state index contributed by atoms with van der Waals surface area (Å²) in [6.45, 7) is 4.74. The molecule has 112 valence electrons. The second-order valence-corrected chi connectivity index (χ2v) is 5.73. The summed E-state index contributed by atoms with van der Waals surface area (Å²) >= 11 is 0. The largest absolute Gasteiger partial charge is 0.361 e. The van der Waals surface area contributed by atoms with Gasteiger partial charge in [-0.05, 0) is 50.1 Å². The second-order valence-electron chi connectivity index (χ2n) is 5.73. The molecule has 22 heavy (non-hydrogen) atoms. The van der Waals surface area contributed by atoms with E-state index in [-0.39, 0.29) is 5.91 Å². The van der Waals surface area contributed by atoms with Crippen LogP contribution in [0.5, 0.6) is 0 Å². The van der Waals surface area contributed by atoms with Gasteiger partial charge in [0.25, 0.3) is 5.91 Å². The maximum absolute atomic E-state index is 12.1. The molecule has 0 unspecified atom stereocenters. The third-order valence-electron chi connectivity index (χ3n) is 3.92. The van der Waals surface area contributed by atoms with Gasteiger partial charge in [0.15, 0.2) is 0 Å². The molecule has 0 spiro atoms. The number of fused-ring (bicyclic) bond motifs is 1. The van der Waals surface area contributed by atoms with E-state index in [0.29, 0.717) is 12.1 Å². The summed E-state index contributed by atoms with van der Waals surface area (Å²) in [6.07, 6.45) is 2.85. The van der Waals surface area contributed by atoms with Crippen LogP contribution in [0.3, 0.4) is 0 Å². The van der Waals surface area contributed by atoms with Crippen LogP contribution in [0.1, 0.15) is 27.0 Å². The van der Waals surface area contributed by atoms with Crippen LogP contribution in [0.15, 0.2) is 48.7 Å². The van der Waals surface area contributed by atoms with Gasteiger partial charge in [-0.25, -0.2) is 0 Å². The summed E-state index contributed by atoms with van der Waals surface area (Å²) in [5.41, 5.74) is 5.50. The number of aryl methyl sites for hydroxylation is 2. The summed E-state index contributed by atoms with van der Waals surface area (Å²) in [4.78, 5) is 15.4. The van der Waals surface area contributed by atoms with Crippen molar-refractivity contribution in [2.24, 2.45) is 0 Å². The van der Waals surface area contributed by atoms with Gasteiger partial charge < -0.3 is 10.3 Å². The number of hydrogen-bond acceptors (Lipinski definition) is 1. The van der Waals surface area contributed by atoms with Crippen LogP contribution >= 0.6 is 0 Å². The Balaban J connectivity index is 1.63. The summed E-state index contributed by atoms with van der Waals surface area (Å²) in [6, 6.07) is 14.0. The lowest BCUT2D eigenvalue weighted by Gasteiger charge is -2.05. The molecule has 3 aromatic rings. The summed E-state index contributed by atoms with van der Waals surface area (Å²) in [5, 5.41) is 4.22. The smallest absolute Gasteiger partial charge is 0.251 e. The molecule has 0 saturated carbocycles. The zero-order valence-electron chi connectivity index (χ0n) is 12.9. The quantitative estimate of drug-likeness (QED) is 0.755. The molecule has 2 N–H and O–H groups in total. The molecule has 0 atom stereocenters. The van der Waals surface area contributed by atoms with Crippen LogP contribution in [0, 0.1) is 13.8 Å². The molecule has 0 bridgehead atoms. The van der Waals surface area contributed by atoms with Crippen molar-refractivity contribution in [3.63, 3.8) is 0 Å². The van der Waals surface area contributed by atoms with Crippen LogP contribution in [0.4, 0.5) is 0 Å². The number of aromatic nitrogens is 1. The fourth-order valence-electron chi connectivity index (χ4n) is 2.62. The van der Waals surface area contributed by atoms with Crippen molar-refractivity contribution < 1.29 is 4.79 Å². The first-order chi connectivity index (χ1) is 10.6. The molecule has 0 fully saturated rings. The molecule has 1 aromatic heterocycles. The molecule has 2 aromatic carbocycles. The number of carbonyl (C=O) groups excluding carboxylic acids is 1. The van der Waals surface area contributed by atoms with E-state index >= 15 is 0 Å². The standard InChI is InChI=1S/C19H20N2O/c1-13-3-6-15(7-4-13)19(22)20-10-9-16-12-21-18-8-5-14(2)11-17(16)18/h3-8,11-12,21H,9-10H2,1-2H3,(H,20,22).